The van der Waals surface area contributed by atoms with Gasteiger partial charge in [0.15, 0.2) is 5.76 Å². The van der Waals surface area contributed by atoms with Gasteiger partial charge in [0, 0.05) is 5.69 Å². The highest BCUT2D eigenvalue weighted by atomic mass is 16.5. The Kier molecular flexibility index (Phi) is 4.89. The molecule has 3 rings (SSSR count). The molecule has 2 aromatic carbocycles. The molecule has 0 aliphatic rings. The van der Waals surface area contributed by atoms with Crippen molar-refractivity contribution in [3.05, 3.63) is 82.8 Å². The Morgan fingerprint density at radius 1 is 0.960 bits per heavy atom. The Bertz CT molecular complexity index is 896. The summed E-state index contributed by atoms with van der Waals surface area (Å²) in [7, 11) is 0. The van der Waals surface area contributed by atoms with Gasteiger partial charge in [-0.25, -0.2) is 0 Å². The molecule has 4 heteroatoms. The third-order valence-corrected chi connectivity index (χ3v) is 4.20. The normalized spacial score (nSPS) is 10.5. The van der Waals surface area contributed by atoms with E-state index in [9.17, 15) is 4.79 Å². The van der Waals surface area contributed by atoms with E-state index in [2.05, 4.69) is 5.32 Å². The number of carbonyl (C=O) groups excluding carboxylic acids is 1. The van der Waals surface area contributed by atoms with Crippen LogP contribution in [-0.2, 0) is 6.61 Å². The number of ether oxygens (including phenoxy) is 1. The minimum Gasteiger partial charge on any atom is -0.485 e. The first-order chi connectivity index (χ1) is 12.0. The molecule has 1 amide bonds. The molecule has 0 spiro atoms. The summed E-state index contributed by atoms with van der Waals surface area (Å²) in [5.74, 6) is 1.41. The third-order valence-electron chi connectivity index (χ3n) is 4.20. The van der Waals surface area contributed by atoms with Crippen LogP contribution in [0.2, 0.25) is 0 Å². The summed E-state index contributed by atoms with van der Waals surface area (Å²) in [4.78, 5) is 12.4. The van der Waals surface area contributed by atoms with Crippen molar-refractivity contribution in [2.45, 2.75) is 27.4 Å². The van der Waals surface area contributed by atoms with E-state index in [-0.39, 0.29) is 18.3 Å². The minimum absolute atomic E-state index is 0.268. The number of anilines is 1. The highest BCUT2D eigenvalue weighted by Gasteiger charge is 2.13. The molecule has 0 saturated carbocycles. The molecule has 25 heavy (non-hydrogen) atoms. The summed E-state index contributed by atoms with van der Waals surface area (Å²) < 4.78 is 11.4. The molecule has 0 radical (unpaired) electrons. The second-order valence-electron chi connectivity index (χ2n) is 6.02. The Morgan fingerprint density at radius 2 is 1.72 bits per heavy atom. The zero-order valence-electron chi connectivity index (χ0n) is 14.6. The van der Waals surface area contributed by atoms with Crippen LogP contribution in [0.1, 0.15) is 33.0 Å². The lowest BCUT2D eigenvalue weighted by molar-refractivity contribution is 0.0992. The standard InChI is InChI=1S/C21H21NO3/c1-14-8-6-9-18(16(14)3)22-21(23)20-12-11-17(25-20)13-24-19-10-5-4-7-15(19)2/h4-12H,13H2,1-3H3,(H,22,23). The van der Waals surface area contributed by atoms with Gasteiger partial charge in [-0.2, -0.15) is 0 Å². The van der Waals surface area contributed by atoms with E-state index in [1.54, 1.807) is 12.1 Å². The van der Waals surface area contributed by atoms with Crippen LogP contribution in [0.25, 0.3) is 0 Å². The predicted molar refractivity (Wildman–Crippen MR) is 98.1 cm³/mol. The lowest BCUT2D eigenvalue weighted by Gasteiger charge is -2.09. The van der Waals surface area contributed by atoms with E-state index in [0.29, 0.717) is 5.76 Å². The number of hydrogen-bond donors (Lipinski definition) is 1. The van der Waals surface area contributed by atoms with Crippen molar-refractivity contribution in [3.8, 4) is 5.75 Å². The van der Waals surface area contributed by atoms with E-state index in [1.807, 2.05) is 63.2 Å². The minimum atomic E-state index is -0.268. The highest BCUT2D eigenvalue weighted by Crippen LogP contribution is 2.21. The van der Waals surface area contributed by atoms with Gasteiger partial charge in [0.05, 0.1) is 0 Å². The van der Waals surface area contributed by atoms with Gasteiger partial charge in [-0.05, 0) is 61.7 Å². The maximum absolute atomic E-state index is 12.4. The van der Waals surface area contributed by atoms with E-state index in [4.69, 9.17) is 9.15 Å². The molecular weight excluding hydrogens is 314 g/mol. The number of amides is 1. The first-order valence-electron chi connectivity index (χ1n) is 8.19. The number of furan rings is 1. The monoisotopic (exact) mass is 335 g/mol. The number of para-hydroxylation sites is 1. The quantitative estimate of drug-likeness (QED) is 0.711. The fraction of sp³-hybridized carbons (Fsp3) is 0.190. The van der Waals surface area contributed by atoms with Crippen molar-refractivity contribution in [3.63, 3.8) is 0 Å². The van der Waals surface area contributed by atoms with E-state index >= 15 is 0 Å². The average Bonchev–Trinajstić information content (AvgIpc) is 3.07. The van der Waals surface area contributed by atoms with Crippen LogP contribution in [-0.4, -0.2) is 5.91 Å². The molecule has 0 atom stereocenters. The van der Waals surface area contributed by atoms with Gasteiger partial charge in [-0.15, -0.1) is 0 Å². The molecule has 0 aliphatic heterocycles. The van der Waals surface area contributed by atoms with Crippen LogP contribution >= 0.6 is 0 Å². The van der Waals surface area contributed by atoms with Gasteiger partial charge >= 0.3 is 0 Å². The fourth-order valence-electron chi connectivity index (χ4n) is 2.52. The largest absolute Gasteiger partial charge is 0.485 e. The Morgan fingerprint density at radius 3 is 2.52 bits per heavy atom. The second kappa shape index (κ2) is 7.26. The molecule has 0 unspecified atom stereocenters. The lowest BCUT2D eigenvalue weighted by Crippen LogP contribution is -2.12. The van der Waals surface area contributed by atoms with Crippen LogP contribution in [0.15, 0.2) is 59.0 Å². The molecule has 0 fully saturated rings. The summed E-state index contributed by atoms with van der Waals surface area (Å²) in [6.45, 7) is 6.26. The van der Waals surface area contributed by atoms with Crippen molar-refractivity contribution in [2.75, 3.05) is 5.32 Å². The van der Waals surface area contributed by atoms with Crippen LogP contribution in [0, 0.1) is 20.8 Å². The van der Waals surface area contributed by atoms with E-state index < -0.39 is 0 Å². The fourth-order valence-corrected chi connectivity index (χ4v) is 2.52. The van der Waals surface area contributed by atoms with E-state index in [1.165, 1.54) is 0 Å². The van der Waals surface area contributed by atoms with Crippen molar-refractivity contribution in [1.82, 2.24) is 0 Å². The predicted octanol–water partition coefficient (Wildman–Crippen LogP) is 5.04. The van der Waals surface area contributed by atoms with Gasteiger partial charge in [-0.3, -0.25) is 4.79 Å². The summed E-state index contributed by atoms with van der Waals surface area (Å²) in [5.41, 5.74) is 4.02. The first-order valence-corrected chi connectivity index (χ1v) is 8.19. The van der Waals surface area contributed by atoms with Gasteiger partial charge in [0.1, 0.15) is 18.1 Å². The lowest BCUT2D eigenvalue weighted by atomic mass is 10.1. The summed E-state index contributed by atoms with van der Waals surface area (Å²) in [5, 5.41) is 2.89. The highest BCUT2D eigenvalue weighted by molar-refractivity contribution is 6.02. The van der Waals surface area contributed by atoms with Crippen LogP contribution in [0.3, 0.4) is 0 Å². The molecule has 0 saturated heterocycles. The zero-order valence-corrected chi connectivity index (χ0v) is 14.6. The average molecular weight is 335 g/mol. The number of carbonyl (C=O) groups is 1. The summed E-state index contributed by atoms with van der Waals surface area (Å²) in [6, 6.07) is 17.0. The number of rotatable bonds is 5. The zero-order chi connectivity index (χ0) is 17.8. The van der Waals surface area contributed by atoms with E-state index in [0.717, 1.165) is 28.1 Å². The van der Waals surface area contributed by atoms with Crippen molar-refractivity contribution < 1.29 is 13.9 Å². The molecule has 0 aliphatic carbocycles. The molecule has 3 aromatic rings. The SMILES string of the molecule is Cc1ccccc1OCc1ccc(C(=O)Nc2cccc(C)c2C)o1. The summed E-state index contributed by atoms with van der Waals surface area (Å²) in [6.07, 6.45) is 0. The molecule has 4 nitrogen and oxygen atoms in total. The molecule has 1 N–H and O–H groups in total. The molecule has 128 valence electrons. The van der Waals surface area contributed by atoms with Gasteiger partial charge in [0.2, 0.25) is 0 Å². The van der Waals surface area contributed by atoms with Gasteiger partial charge in [-0.1, -0.05) is 30.3 Å². The number of nitrogens with one attached hydrogen (secondary N) is 1. The molecule has 1 heterocycles. The molecular formula is C21H21NO3. The third kappa shape index (κ3) is 3.91. The topological polar surface area (TPSA) is 51.5 Å². The smallest absolute Gasteiger partial charge is 0.291 e. The van der Waals surface area contributed by atoms with Crippen molar-refractivity contribution in [2.24, 2.45) is 0 Å². The van der Waals surface area contributed by atoms with Gasteiger partial charge in [0.25, 0.3) is 5.91 Å². The maximum atomic E-state index is 12.4. The van der Waals surface area contributed by atoms with Crippen LogP contribution in [0.4, 0.5) is 5.69 Å². The van der Waals surface area contributed by atoms with Crippen LogP contribution < -0.4 is 10.1 Å². The molecule has 1 aromatic heterocycles. The maximum Gasteiger partial charge on any atom is 0.291 e. The van der Waals surface area contributed by atoms with Crippen molar-refractivity contribution >= 4 is 11.6 Å². The Balaban J connectivity index is 1.65. The number of hydrogen-bond acceptors (Lipinski definition) is 3. The Hall–Kier alpha value is -3.01. The Labute approximate surface area is 147 Å². The summed E-state index contributed by atoms with van der Waals surface area (Å²) >= 11 is 0. The van der Waals surface area contributed by atoms with Crippen molar-refractivity contribution in [1.29, 1.82) is 0 Å². The second-order valence-corrected chi connectivity index (χ2v) is 6.02. The number of aryl methyl sites for hydroxylation is 2. The first kappa shape index (κ1) is 16.8. The number of benzene rings is 2. The molecule has 0 bridgehead atoms. The van der Waals surface area contributed by atoms with Gasteiger partial charge < -0.3 is 14.5 Å². The van der Waals surface area contributed by atoms with Crippen LogP contribution in [0.5, 0.6) is 5.75 Å².